The van der Waals surface area contributed by atoms with Crippen molar-refractivity contribution in [1.29, 1.82) is 0 Å². The third kappa shape index (κ3) is 7.64. The molecule has 6 nitrogen and oxygen atoms in total. The number of carbonyl (C=O) groups excluding carboxylic acids is 1. The van der Waals surface area contributed by atoms with Crippen molar-refractivity contribution in [3.63, 3.8) is 0 Å². The molecular weight excluding hydrogens is 515 g/mol. The van der Waals surface area contributed by atoms with Crippen molar-refractivity contribution in [3.8, 4) is 0 Å². The van der Waals surface area contributed by atoms with E-state index in [1.165, 1.54) is 6.07 Å². The van der Waals surface area contributed by atoms with Gasteiger partial charge in [-0.1, -0.05) is 12.1 Å². The molecule has 1 aliphatic heterocycles. The van der Waals surface area contributed by atoms with Crippen LogP contribution < -0.4 is 16.0 Å². The van der Waals surface area contributed by atoms with Crippen LogP contribution in [0.2, 0.25) is 0 Å². The molecule has 31 heavy (non-hydrogen) atoms. The first-order valence-electron chi connectivity index (χ1n) is 10.2. The molecule has 0 saturated carbocycles. The number of amides is 2. The van der Waals surface area contributed by atoms with Crippen molar-refractivity contribution in [2.75, 3.05) is 25.0 Å². The summed E-state index contributed by atoms with van der Waals surface area (Å²) in [6.07, 6.45) is 2.09. The van der Waals surface area contributed by atoms with Crippen LogP contribution in [0, 0.1) is 11.6 Å². The van der Waals surface area contributed by atoms with Gasteiger partial charge in [-0.2, -0.15) is 0 Å². The summed E-state index contributed by atoms with van der Waals surface area (Å²) in [5.74, 6) is -0.461. The first-order chi connectivity index (χ1) is 14.5. The second kappa shape index (κ2) is 12.4. The molecule has 0 radical (unpaired) electrons. The molecule has 3 rings (SSSR count). The van der Waals surface area contributed by atoms with E-state index in [1.54, 1.807) is 0 Å². The van der Waals surface area contributed by atoms with Gasteiger partial charge in [0.1, 0.15) is 11.6 Å². The summed E-state index contributed by atoms with van der Waals surface area (Å²) in [4.78, 5) is 18.6. The second-order valence-corrected chi connectivity index (χ2v) is 7.11. The smallest absolute Gasteiger partial charge is 0.321 e. The van der Waals surface area contributed by atoms with Gasteiger partial charge in [-0.05, 0) is 55.7 Å². The Hall–Kier alpha value is -2.43. The molecule has 0 aliphatic carbocycles. The zero-order valence-corrected chi connectivity index (χ0v) is 19.8. The fourth-order valence-corrected chi connectivity index (χ4v) is 3.24. The third-order valence-electron chi connectivity index (χ3n) is 4.79. The number of halogens is 3. The van der Waals surface area contributed by atoms with Gasteiger partial charge < -0.3 is 20.9 Å². The maximum Gasteiger partial charge on any atom is 0.321 e. The molecular formula is C22H28F2IN5O. The molecule has 0 spiro atoms. The van der Waals surface area contributed by atoms with Crippen molar-refractivity contribution in [2.24, 2.45) is 4.99 Å². The fraction of sp³-hybridized carbons (Fsp3) is 0.364. The Morgan fingerprint density at radius 3 is 2.61 bits per heavy atom. The van der Waals surface area contributed by atoms with Crippen LogP contribution in [0.15, 0.2) is 47.5 Å². The number of aliphatic imine (C=N–C) groups is 1. The van der Waals surface area contributed by atoms with Crippen LogP contribution in [0.4, 0.5) is 19.3 Å². The average molecular weight is 543 g/mol. The molecule has 168 valence electrons. The van der Waals surface area contributed by atoms with Crippen LogP contribution in [0.1, 0.15) is 30.9 Å². The molecule has 0 bridgehead atoms. The number of nitrogens with zero attached hydrogens (tertiary/aromatic N) is 2. The Balaban J connectivity index is 0.00000341. The van der Waals surface area contributed by atoms with E-state index < -0.39 is 11.6 Å². The van der Waals surface area contributed by atoms with E-state index in [9.17, 15) is 13.6 Å². The predicted molar refractivity (Wildman–Crippen MR) is 130 cm³/mol. The minimum absolute atomic E-state index is 0. The highest BCUT2D eigenvalue weighted by molar-refractivity contribution is 14.0. The number of carbonyl (C=O) groups is 1. The Morgan fingerprint density at radius 1 is 1.10 bits per heavy atom. The number of rotatable bonds is 6. The number of hydrogen-bond donors (Lipinski definition) is 3. The number of hydrogen-bond acceptors (Lipinski definition) is 2. The Kier molecular flexibility index (Phi) is 9.96. The van der Waals surface area contributed by atoms with E-state index in [2.05, 4.69) is 20.9 Å². The second-order valence-electron chi connectivity index (χ2n) is 7.11. The highest BCUT2D eigenvalue weighted by atomic mass is 127. The Labute approximate surface area is 198 Å². The number of urea groups is 1. The van der Waals surface area contributed by atoms with Crippen molar-refractivity contribution >= 4 is 41.7 Å². The van der Waals surface area contributed by atoms with Gasteiger partial charge in [-0.25, -0.2) is 18.6 Å². The number of guanidine groups is 1. The number of nitrogens with one attached hydrogen (secondary N) is 3. The van der Waals surface area contributed by atoms with Gasteiger partial charge in [-0.15, -0.1) is 24.0 Å². The Bertz CT molecular complexity index is 903. The zero-order valence-electron chi connectivity index (χ0n) is 17.5. The van der Waals surface area contributed by atoms with Gasteiger partial charge in [0.25, 0.3) is 0 Å². The summed E-state index contributed by atoms with van der Waals surface area (Å²) in [6.45, 7) is 4.62. The molecule has 3 N–H and O–H groups in total. The van der Waals surface area contributed by atoms with E-state index in [4.69, 9.17) is 0 Å². The van der Waals surface area contributed by atoms with Crippen LogP contribution in [-0.4, -0.2) is 36.5 Å². The molecule has 2 aromatic rings. The first-order valence-corrected chi connectivity index (χ1v) is 10.2. The lowest BCUT2D eigenvalue weighted by Crippen LogP contribution is -2.37. The van der Waals surface area contributed by atoms with E-state index in [-0.39, 0.29) is 42.1 Å². The van der Waals surface area contributed by atoms with Crippen molar-refractivity contribution in [1.82, 2.24) is 15.5 Å². The first kappa shape index (κ1) is 24.8. The molecule has 1 heterocycles. The Morgan fingerprint density at radius 2 is 1.87 bits per heavy atom. The average Bonchev–Trinajstić information content (AvgIpc) is 3.28. The molecule has 0 atom stereocenters. The highest BCUT2D eigenvalue weighted by Gasteiger charge is 2.17. The predicted octanol–water partition coefficient (Wildman–Crippen LogP) is 4.47. The van der Waals surface area contributed by atoms with Crippen molar-refractivity contribution in [2.45, 2.75) is 32.9 Å². The maximum absolute atomic E-state index is 13.8. The van der Waals surface area contributed by atoms with Crippen LogP contribution in [-0.2, 0) is 13.1 Å². The lowest BCUT2D eigenvalue weighted by Gasteiger charge is -2.16. The summed E-state index contributed by atoms with van der Waals surface area (Å²) in [5, 5.41) is 9.03. The zero-order chi connectivity index (χ0) is 21.3. The fourth-order valence-electron chi connectivity index (χ4n) is 3.24. The van der Waals surface area contributed by atoms with E-state index in [0.29, 0.717) is 19.0 Å². The summed E-state index contributed by atoms with van der Waals surface area (Å²) in [5.41, 5.74) is 1.87. The van der Waals surface area contributed by atoms with Gasteiger partial charge in [0.2, 0.25) is 0 Å². The molecule has 9 heteroatoms. The molecule has 2 amide bonds. The van der Waals surface area contributed by atoms with E-state index in [1.807, 2.05) is 36.1 Å². The van der Waals surface area contributed by atoms with Gasteiger partial charge in [-0.3, -0.25) is 0 Å². The van der Waals surface area contributed by atoms with Crippen LogP contribution >= 0.6 is 24.0 Å². The van der Waals surface area contributed by atoms with Crippen LogP contribution in [0.3, 0.4) is 0 Å². The van der Waals surface area contributed by atoms with Crippen LogP contribution in [0.25, 0.3) is 0 Å². The van der Waals surface area contributed by atoms with Crippen LogP contribution in [0.5, 0.6) is 0 Å². The maximum atomic E-state index is 13.8. The molecule has 0 unspecified atom stereocenters. The number of anilines is 1. The standard InChI is InChI=1S/C22H27F2N5O.HI/c1-2-25-21(27-15-17-13-18(23)8-9-20(17)24)26-14-16-6-5-7-19(12-16)28-22(30)29-10-3-4-11-29;/h5-9,12-13H,2-4,10-11,14-15H2,1H3,(H,28,30)(H2,25,26,27);1H. The van der Waals surface area contributed by atoms with Gasteiger partial charge >= 0.3 is 6.03 Å². The molecule has 1 fully saturated rings. The summed E-state index contributed by atoms with van der Waals surface area (Å²) in [6, 6.07) is 10.8. The molecule has 1 saturated heterocycles. The lowest BCUT2D eigenvalue weighted by atomic mass is 10.2. The van der Waals surface area contributed by atoms with E-state index >= 15 is 0 Å². The molecule has 2 aromatic carbocycles. The molecule has 1 aliphatic rings. The van der Waals surface area contributed by atoms with Gasteiger partial charge in [0.05, 0.1) is 6.54 Å². The number of likely N-dealkylation sites (tertiary alicyclic amines) is 1. The normalized spacial score (nSPS) is 13.5. The minimum atomic E-state index is -0.483. The van der Waals surface area contributed by atoms with Gasteiger partial charge in [0, 0.05) is 37.4 Å². The van der Waals surface area contributed by atoms with Crippen molar-refractivity contribution < 1.29 is 13.6 Å². The van der Waals surface area contributed by atoms with Gasteiger partial charge in [0.15, 0.2) is 5.96 Å². The lowest BCUT2D eigenvalue weighted by molar-refractivity contribution is 0.222. The quantitative estimate of drug-likeness (QED) is 0.286. The summed E-state index contributed by atoms with van der Waals surface area (Å²) < 4.78 is 27.2. The minimum Gasteiger partial charge on any atom is -0.357 e. The highest BCUT2D eigenvalue weighted by Crippen LogP contribution is 2.15. The number of benzene rings is 2. The van der Waals surface area contributed by atoms with Crippen molar-refractivity contribution in [3.05, 3.63) is 65.2 Å². The molecule has 0 aromatic heterocycles. The summed E-state index contributed by atoms with van der Waals surface area (Å²) >= 11 is 0. The topological polar surface area (TPSA) is 68.8 Å². The summed E-state index contributed by atoms with van der Waals surface area (Å²) in [7, 11) is 0. The van der Waals surface area contributed by atoms with E-state index in [0.717, 1.165) is 49.3 Å². The largest absolute Gasteiger partial charge is 0.357 e. The third-order valence-corrected chi connectivity index (χ3v) is 4.79. The monoisotopic (exact) mass is 543 g/mol. The SMILES string of the molecule is CCNC(=NCc1cccc(NC(=O)N2CCCC2)c1)NCc1cc(F)ccc1F.I.